The second-order valence-electron chi connectivity index (χ2n) is 6.91. The van der Waals surface area contributed by atoms with Crippen molar-refractivity contribution in [3.8, 4) is 0 Å². The van der Waals surface area contributed by atoms with E-state index in [0.717, 1.165) is 5.56 Å². The van der Waals surface area contributed by atoms with E-state index in [4.69, 9.17) is 9.84 Å². The Labute approximate surface area is 151 Å². The Hall–Kier alpha value is -2.16. The fraction of sp³-hybridized carbons (Fsp3) is 0.556. The molecule has 1 aromatic rings. The van der Waals surface area contributed by atoms with E-state index in [1.807, 2.05) is 17.9 Å². The Morgan fingerprint density at radius 2 is 2.15 bits per heavy atom. The largest absolute Gasteiger partial charge is 0.465 e. The fourth-order valence-electron chi connectivity index (χ4n) is 3.59. The molecule has 2 heterocycles. The zero-order valence-corrected chi connectivity index (χ0v) is 14.7. The van der Waals surface area contributed by atoms with Crippen molar-refractivity contribution in [2.24, 2.45) is 0 Å². The number of esters is 1. The summed E-state index contributed by atoms with van der Waals surface area (Å²) in [7, 11) is 0. The molecule has 1 saturated heterocycles. The smallest absolute Gasteiger partial charge is 0.407 e. The lowest BCUT2D eigenvalue weighted by Gasteiger charge is -2.40. The number of β-amino-alcohol motifs (C(OH)–C–C–N with tert-alkyl or cyclic N) is 1. The van der Waals surface area contributed by atoms with E-state index in [0.29, 0.717) is 30.6 Å². The van der Waals surface area contributed by atoms with Gasteiger partial charge in [0, 0.05) is 32.6 Å². The van der Waals surface area contributed by atoms with Gasteiger partial charge in [-0.3, -0.25) is 4.90 Å². The van der Waals surface area contributed by atoms with Crippen molar-refractivity contribution < 1.29 is 29.6 Å². The van der Waals surface area contributed by atoms with Crippen LogP contribution in [0.25, 0.3) is 0 Å². The van der Waals surface area contributed by atoms with Gasteiger partial charge in [-0.25, -0.2) is 9.59 Å². The van der Waals surface area contributed by atoms with E-state index in [1.54, 1.807) is 12.1 Å². The average molecular weight is 364 g/mol. The summed E-state index contributed by atoms with van der Waals surface area (Å²) in [6, 6.07) is 4.87. The SMILES string of the molecule is C[C@@H]1Cc2cc(C(O)CN3CCN(C(=O)O)C[C@H]3CO)ccc2C(=O)O1. The Kier molecular flexibility index (Phi) is 5.45. The molecule has 26 heavy (non-hydrogen) atoms. The zero-order chi connectivity index (χ0) is 18.8. The minimum absolute atomic E-state index is 0.177. The number of amides is 1. The van der Waals surface area contributed by atoms with E-state index in [9.17, 15) is 19.8 Å². The molecular formula is C18H24N2O6. The summed E-state index contributed by atoms with van der Waals surface area (Å²) in [5.74, 6) is -0.343. The minimum atomic E-state index is -1.00. The average Bonchev–Trinajstić information content (AvgIpc) is 2.61. The summed E-state index contributed by atoms with van der Waals surface area (Å²) in [5.41, 5.74) is 2.09. The lowest BCUT2D eigenvalue weighted by Crippen LogP contribution is -2.56. The second kappa shape index (κ2) is 7.61. The van der Waals surface area contributed by atoms with E-state index < -0.39 is 12.2 Å². The number of carbonyl (C=O) groups is 2. The van der Waals surface area contributed by atoms with Crippen LogP contribution in [0.1, 0.15) is 34.5 Å². The summed E-state index contributed by atoms with van der Waals surface area (Å²) in [5, 5.41) is 29.3. The molecule has 0 aromatic heterocycles. The number of rotatable bonds is 4. The summed E-state index contributed by atoms with van der Waals surface area (Å²) >= 11 is 0. The first-order chi connectivity index (χ1) is 12.4. The minimum Gasteiger partial charge on any atom is -0.465 e. The van der Waals surface area contributed by atoms with Gasteiger partial charge in [-0.05, 0) is 24.1 Å². The van der Waals surface area contributed by atoms with Gasteiger partial charge in [0.05, 0.1) is 24.3 Å². The van der Waals surface area contributed by atoms with E-state index in [1.165, 1.54) is 4.90 Å². The van der Waals surface area contributed by atoms with Gasteiger partial charge < -0.3 is 25.0 Å². The van der Waals surface area contributed by atoms with Crippen LogP contribution in [-0.4, -0.2) is 82.1 Å². The van der Waals surface area contributed by atoms with Crippen molar-refractivity contribution in [2.75, 3.05) is 32.8 Å². The van der Waals surface area contributed by atoms with Crippen molar-refractivity contribution in [1.82, 2.24) is 9.80 Å². The highest BCUT2D eigenvalue weighted by atomic mass is 16.5. The molecule has 2 aliphatic rings. The third kappa shape index (κ3) is 3.82. The molecule has 1 aromatic carbocycles. The molecule has 3 atom stereocenters. The predicted octanol–water partition coefficient (Wildman–Crippen LogP) is 0.478. The highest BCUT2D eigenvalue weighted by Gasteiger charge is 2.31. The van der Waals surface area contributed by atoms with Gasteiger partial charge in [-0.1, -0.05) is 12.1 Å². The molecule has 8 heteroatoms. The molecule has 0 bridgehead atoms. The Bertz CT molecular complexity index is 694. The van der Waals surface area contributed by atoms with Gasteiger partial charge in [0.25, 0.3) is 0 Å². The van der Waals surface area contributed by atoms with Crippen molar-refractivity contribution >= 4 is 12.1 Å². The van der Waals surface area contributed by atoms with Crippen LogP contribution in [-0.2, 0) is 11.2 Å². The summed E-state index contributed by atoms with van der Waals surface area (Å²) in [6.07, 6.45) is -1.37. The Morgan fingerprint density at radius 3 is 2.85 bits per heavy atom. The third-order valence-corrected chi connectivity index (χ3v) is 5.04. The van der Waals surface area contributed by atoms with Crippen molar-refractivity contribution in [1.29, 1.82) is 0 Å². The molecule has 2 aliphatic heterocycles. The van der Waals surface area contributed by atoms with Crippen molar-refractivity contribution in [2.45, 2.75) is 31.6 Å². The zero-order valence-electron chi connectivity index (χ0n) is 14.7. The number of ether oxygens (including phenoxy) is 1. The molecule has 0 saturated carbocycles. The highest BCUT2D eigenvalue weighted by molar-refractivity contribution is 5.92. The molecule has 3 rings (SSSR count). The maximum absolute atomic E-state index is 11.9. The quantitative estimate of drug-likeness (QED) is 0.667. The standard InChI is InChI=1S/C18H24N2O6/c1-11-6-13-7-12(2-3-15(13)17(23)26-11)16(22)9-19-4-5-20(18(24)25)8-14(19)10-21/h2-3,7,11,14,16,21-22H,4-6,8-10H2,1H3,(H,24,25)/t11-,14+,16?/m1/s1. The highest BCUT2D eigenvalue weighted by Crippen LogP contribution is 2.25. The first-order valence-corrected chi connectivity index (χ1v) is 8.73. The van der Waals surface area contributed by atoms with Gasteiger partial charge >= 0.3 is 12.1 Å². The number of cyclic esters (lactones) is 1. The number of piperazine rings is 1. The molecular weight excluding hydrogens is 340 g/mol. The number of aliphatic hydroxyl groups excluding tert-OH is 2. The molecule has 142 valence electrons. The number of hydrogen-bond donors (Lipinski definition) is 3. The van der Waals surface area contributed by atoms with Crippen LogP contribution in [0.15, 0.2) is 18.2 Å². The number of aliphatic hydroxyl groups is 2. The fourth-order valence-corrected chi connectivity index (χ4v) is 3.59. The van der Waals surface area contributed by atoms with Crippen LogP contribution in [0, 0.1) is 0 Å². The van der Waals surface area contributed by atoms with E-state index in [2.05, 4.69) is 0 Å². The second-order valence-corrected chi connectivity index (χ2v) is 6.91. The van der Waals surface area contributed by atoms with Gasteiger partial charge in [0.2, 0.25) is 0 Å². The van der Waals surface area contributed by atoms with Gasteiger partial charge in [0.15, 0.2) is 0 Å². The molecule has 1 amide bonds. The Balaban J connectivity index is 1.70. The first kappa shape index (κ1) is 18.6. The molecule has 0 radical (unpaired) electrons. The number of benzene rings is 1. The van der Waals surface area contributed by atoms with Gasteiger partial charge in [-0.2, -0.15) is 0 Å². The summed E-state index contributed by atoms with van der Waals surface area (Å²) in [6.45, 7) is 2.94. The molecule has 3 N–H and O–H groups in total. The Morgan fingerprint density at radius 1 is 1.38 bits per heavy atom. The van der Waals surface area contributed by atoms with E-state index in [-0.39, 0.29) is 37.8 Å². The van der Waals surface area contributed by atoms with Crippen LogP contribution in [0.4, 0.5) is 4.79 Å². The van der Waals surface area contributed by atoms with Crippen LogP contribution in [0.3, 0.4) is 0 Å². The molecule has 8 nitrogen and oxygen atoms in total. The lowest BCUT2D eigenvalue weighted by molar-refractivity contribution is 0.0128. The first-order valence-electron chi connectivity index (χ1n) is 8.73. The summed E-state index contributed by atoms with van der Waals surface area (Å²) in [4.78, 5) is 26.2. The number of nitrogens with zero attached hydrogens (tertiary/aromatic N) is 2. The van der Waals surface area contributed by atoms with E-state index >= 15 is 0 Å². The monoisotopic (exact) mass is 364 g/mol. The summed E-state index contributed by atoms with van der Waals surface area (Å²) < 4.78 is 5.20. The van der Waals surface area contributed by atoms with Gasteiger partial charge in [0.1, 0.15) is 6.10 Å². The molecule has 1 unspecified atom stereocenters. The number of fused-ring (bicyclic) bond motifs is 1. The van der Waals surface area contributed by atoms with Gasteiger partial charge in [-0.15, -0.1) is 0 Å². The number of carboxylic acid groups (broad SMARTS) is 1. The molecule has 1 fully saturated rings. The maximum Gasteiger partial charge on any atom is 0.407 e. The topological polar surface area (TPSA) is 111 Å². The van der Waals surface area contributed by atoms with Crippen LogP contribution >= 0.6 is 0 Å². The maximum atomic E-state index is 11.9. The van der Waals surface area contributed by atoms with Crippen LogP contribution in [0.2, 0.25) is 0 Å². The normalized spacial score (nSPS) is 24.7. The van der Waals surface area contributed by atoms with Crippen molar-refractivity contribution in [3.05, 3.63) is 34.9 Å². The number of hydrogen-bond acceptors (Lipinski definition) is 6. The predicted molar refractivity (Wildman–Crippen MR) is 92.0 cm³/mol. The van der Waals surface area contributed by atoms with Crippen LogP contribution < -0.4 is 0 Å². The molecule has 0 spiro atoms. The lowest BCUT2D eigenvalue weighted by atomic mass is 9.95. The number of carbonyl (C=O) groups excluding carboxylic acids is 1. The van der Waals surface area contributed by atoms with Crippen LogP contribution in [0.5, 0.6) is 0 Å². The third-order valence-electron chi connectivity index (χ3n) is 5.04. The molecule has 0 aliphatic carbocycles. The van der Waals surface area contributed by atoms with Crippen molar-refractivity contribution in [3.63, 3.8) is 0 Å².